The van der Waals surface area contributed by atoms with Crippen LogP contribution in [0.4, 0.5) is 0 Å². The molecule has 2 atom stereocenters. The molecule has 1 saturated carbocycles. The summed E-state index contributed by atoms with van der Waals surface area (Å²) in [6.45, 7) is 4.66. The maximum absolute atomic E-state index is 6.33. The van der Waals surface area contributed by atoms with Crippen molar-refractivity contribution in [1.29, 1.82) is 0 Å². The van der Waals surface area contributed by atoms with Gasteiger partial charge in [0.15, 0.2) is 0 Å². The zero-order valence-electron chi connectivity index (χ0n) is 13.7. The molecule has 1 heterocycles. The van der Waals surface area contributed by atoms with E-state index in [2.05, 4.69) is 22.6 Å². The number of hydrogen-bond donors (Lipinski definition) is 1. The summed E-state index contributed by atoms with van der Waals surface area (Å²) >= 11 is 6.33. The number of oxime groups is 1. The van der Waals surface area contributed by atoms with Crippen LogP contribution in [-0.2, 0) is 11.4 Å². The number of aryl methyl sites for hydroxylation is 1. The molecule has 3 nitrogen and oxygen atoms in total. The number of halogens is 1. The molecule has 24 heavy (non-hydrogen) atoms. The second-order valence-electron chi connectivity index (χ2n) is 6.71. The number of fused-ring (bicyclic) bond motifs is 1. The van der Waals surface area contributed by atoms with Crippen LogP contribution in [0.2, 0.25) is 5.02 Å². The van der Waals surface area contributed by atoms with E-state index in [4.69, 9.17) is 16.4 Å². The summed E-state index contributed by atoms with van der Waals surface area (Å²) in [5.74, 6) is 1.86. The minimum Gasteiger partial charge on any atom is -0.391 e. The van der Waals surface area contributed by atoms with Crippen LogP contribution in [-0.4, -0.2) is 18.8 Å². The van der Waals surface area contributed by atoms with Gasteiger partial charge in [0, 0.05) is 16.5 Å². The number of hydrogen-bond acceptors (Lipinski definition) is 3. The maximum atomic E-state index is 6.33. The van der Waals surface area contributed by atoms with Crippen molar-refractivity contribution in [2.75, 3.05) is 13.1 Å². The van der Waals surface area contributed by atoms with Crippen LogP contribution in [0.5, 0.6) is 0 Å². The molecular weight excluding hydrogens is 320 g/mol. The standard InChI is InChI=1S/C20H21ClN2O/c1-13-7-8-15(9-18(13)21)20(19-16-10-22-11-17(16)19)23-24-12-14-5-3-2-4-6-14/h2-9,16-17,19,22H,10-12H2,1H3. The molecule has 0 spiro atoms. The van der Waals surface area contributed by atoms with E-state index < -0.39 is 0 Å². The number of rotatable bonds is 5. The van der Waals surface area contributed by atoms with Crippen LogP contribution in [0.1, 0.15) is 16.7 Å². The Kier molecular flexibility index (Phi) is 4.30. The van der Waals surface area contributed by atoms with Gasteiger partial charge in [-0.1, -0.05) is 59.2 Å². The zero-order valence-corrected chi connectivity index (χ0v) is 14.5. The predicted octanol–water partition coefficient (Wildman–Crippen LogP) is 4.03. The van der Waals surface area contributed by atoms with Crippen molar-refractivity contribution < 1.29 is 4.84 Å². The van der Waals surface area contributed by atoms with Gasteiger partial charge in [0.1, 0.15) is 6.61 Å². The Morgan fingerprint density at radius 3 is 2.62 bits per heavy atom. The van der Waals surface area contributed by atoms with Gasteiger partial charge in [-0.15, -0.1) is 0 Å². The molecule has 2 unspecified atom stereocenters. The summed E-state index contributed by atoms with van der Waals surface area (Å²) in [7, 11) is 0. The Morgan fingerprint density at radius 1 is 1.17 bits per heavy atom. The molecule has 1 saturated heterocycles. The van der Waals surface area contributed by atoms with E-state index in [0.29, 0.717) is 24.4 Å². The Morgan fingerprint density at radius 2 is 1.92 bits per heavy atom. The van der Waals surface area contributed by atoms with Crippen molar-refractivity contribution >= 4 is 17.3 Å². The van der Waals surface area contributed by atoms with E-state index in [1.807, 2.05) is 43.3 Å². The summed E-state index contributed by atoms with van der Waals surface area (Å²) in [6.07, 6.45) is 0. The van der Waals surface area contributed by atoms with Crippen LogP contribution in [0.25, 0.3) is 0 Å². The molecule has 0 amide bonds. The molecule has 2 fully saturated rings. The lowest BCUT2D eigenvalue weighted by atomic mass is 10.0. The van der Waals surface area contributed by atoms with Gasteiger partial charge in [0.2, 0.25) is 0 Å². The van der Waals surface area contributed by atoms with Crippen molar-refractivity contribution in [1.82, 2.24) is 5.32 Å². The molecule has 2 aromatic rings. The minimum absolute atomic E-state index is 0.487. The van der Waals surface area contributed by atoms with E-state index in [0.717, 1.165) is 40.5 Å². The first-order chi connectivity index (χ1) is 11.7. The highest BCUT2D eigenvalue weighted by atomic mass is 35.5. The zero-order chi connectivity index (χ0) is 16.5. The van der Waals surface area contributed by atoms with Crippen LogP contribution in [0, 0.1) is 24.7 Å². The first-order valence-corrected chi connectivity index (χ1v) is 8.83. The molecule has 1 N–H and O–H groups in total. The van der Waals surface area contributed by atoms with Gasteiger partial charge in [-0.25, -0.2) is 0 Å². The fourth-order valence-corrected chi connectivity index (χ4v) is 3.81. The van der Waals surface area contributed by atoms with Gasteiger partial charge < -0.3 is 10.2 Å². The van der Waals surface area contributed by atoms with Crippen molar-refractivity contribution in [3.8, 4) is 0 Å². The third kappa shape index (κ3) is 3.06. The second-order valence-corrected chi connectivity index (χ2v) is 7.12. The monoisotopic (exact) mass is 340 g/mol. The average molecular weight is 341 g/mol. The van der Waals surface area contributed by atoms with Crippen LogP contribution >= 0.6 is 11.6 Å². The summed E-state index contributed by atoms with van der Waals surface area (Å²) in [6, 6.07) is 16.3. The lowest BCUT2D eigenvalue weighted by Crippen LogP contribution is -2.20. The normalized spacial score (nSPS) is 25.4. The third-order valence-corrected chi connectivity index (χ3v) is 5.52. The first kappa shape index (κ1) is 15.7. The third-order valence-electron chi connectivity index (χ3n) is 5.11. The van der Waals surface area contributed by atoms with Crippen LogP contribution in [0.3, 0.4) is 0 Å². The second kappa shape index (κ2) is 6.58. The number of piperidine rings is 1. The van der Waals surface area contributed by atoms with Gasteiger partial charge in [-0.05, 0) is 49.0 Å². The highest BCUT2D eigenvalue weighted by Crippen LogP contribution is 2.50. The van der Waals surface area contributed by atoms with Gasteiger partial charge in [0.25, 0.3) is 0 Å². The smallest absolute Gasteiger partial charge is 0.142 e. The molecule has 124 valence electrons. The van der Waals surface area contributed by atoms with E-state index in [9.17, 15) is 0 Å². The summed E-state index contributed by atoms with van der Waals surface area (Å²) in [4.78, 5) is 5.70. The molecule has 2 aromatic carbocycles. The molecule has 4 heteroatoms. The largest absolute Gasteiger partial charge is 0.391 e. The highest BCUT2D eigenvalue weighted by molar-refractivity contribution is 6.31. The van der Waals surface area contributed by atoms with Crippen molar-refractivity contribution in [3.63, 3.8) is 0 Å². The van der Waals surface area contributed by atoms with E-state index in [-0.39, 0.29) is 0 Å². The molecule has 0 aromatic heterocycles. The van der Waals surface area contributed by atoms with E-state index >= 15 is 0 Å². The summed E-state index contributed by atoms with van der Waals surface area (Å²) < 4.78 is 0. The molecule has 1 aliphatic heterocycles. The maximum Gasteiger partial charge on any atom is 0.142 e. The minimum atomic E-state index is 0.487. The highest BCUT2D eigenvalue weighted by Gasteiger charge is 2.55. The van der Waals surface area contributed by atoms with Crippen molar-refractivity contribution in [2.45, 2.75) is 13.5 Å². The summed E-state index contributed by atoms with van der Waals surface area (Å²) in [5, 5.41) is 8.76. The molecule has 4 rings (SSSR count). The Hall–Kier alpha value is -1.84. The number of benzene rings is 2. The number of nitrogens with one attached hydrogen (secondary N) is 1. The lowest BCUT2D eigenvalue weighted by molar-refractivity contribution is 0.129. The Labute approximate surface area is 147 Å². The van der Waals surface area contributed by atoms with Gasteiger partial charge in [0.05, 0.1) is 5.71 Å². The molecule has 0 bridgehead atoms. The molecular formula is C20H21ClN2O. The topological polar surface area (TPSA) is 33.6 Å². The SMILES string of the molecule is Cc1ccc(C(=NOCc2ccccc2)C2C3CNCC32)cc1Cl. The average Bonchev–Trinajstić information content (AvgIpc) is 3.05. The molecule has 1 aliphatic carbocycles. The van der Waals surface area contributed by atoms with Gasteiger partial charge >= 0.3 is 0 Å². The van der Waals surface area contributed by atoms with Crippen molar-refractivity contribution in [2.24, 2.45) is 22.9 Å². The lowest BCUT2D eigenvalue weighted by Gasteiger charge is -2.11. The number of nitrogens with zero attached hydrogens (tertiary/aromatic N) is 1. The van der Waals surface area contributed by atoms with Crippen molar-refractivity contribution in [3.05, 3.63) is 70.2 Å². The first-order valence-electron chi connectivity index (χ1n) is 8.45. The Bertz CT molecular complexity index is 749. The van der Waals surface area contributed by atoms with E-state index in [1.54, 1.807) is 0 Å². The predicted molar refractivity (Wildman–Crippen MR) is 97.3 cm³/mol. The summed E-state index contributed by atoms with van der Waals surface area (Å²) in [5.41, 5.74) is 4.34. The quantitative estimate of drug-likeness (QED) is 0.658. The van der Waals surface area contributed by atoms with Crippen LogP contribution < -0.4 is 5.32 Å². The van der Waals surface area contributed by atoms with E-state index in [1.165, 1.54) is 0 Å². The van der Waals surface area contributed by atoms with Gasteiger partial charge in [-0.3, -0.25) is 0 Å². The fraction of sp³-hybridized carbons (Fsp3) is 0.350. The molecule has 2 aliphatic rings. The fourth-order valence-electron chi connectivity index (χ4n) is 3.63. The van der Waals surface area contributed by atoms with Crippen LogP contribution in [0.15, 0.2) is 53.7 Å². The molecule has 0 radical (unpaired) electrons. The van der Waals surface area contributed by atoms with Gasteiger partial charge in [-0.2, -0.15) is 0 Å². The Balaban J connectivity index is 1.56.